The molecule has 1 aliphatic carbocycles. The smallest absolute Gasteiger partial charge is 0.309 e. The summed E-state index contributed by atoms with van der Waals surface area (Å²) in [6.45, 7) is 4.65. The van der Waals surface area contributed by atoms with E-state index in [1.165, 1.54) is 7.11 Å². The fourth-order valence-corrected chi connectivity index (χ4v) is 2.60. The highest BCUT2D eigenvalue weighted by Crippen LogP contribution is 2.30. The molecule has 104 valence electrons. The number of carbonyl (C=O) groups excluding carboxylic acids is 2. The molecule has 2 unspecified atom stereocenters. The van der Waals surface area contributed by atoms with Crippen LogP contribution in [0, 0.1) is 17.8 Å². The standard InChI is InChI=1S/C14H25NO3/c1-10(2)8-13(16)15-9-11-6-4-5-7-12(11)14(17)18-3/h10-12H,4-9H2,1-3H3,(H,15,16). The Morgan fingerprint density at radius 1 is 1.28 bits per heavy atom. The molecule has 4 heteroatoms. The van der Waals surface area contributed by atoms with Crippen LogP contribution in [0.15, 0.2) is 0 Å². The van der Waals surface area contributed by atoms with Crippen LogP contribution in [0.3, 0.4) is 0 Å². The molecule has 0 aromatic heterocycles. The zero-order valence-corrected chi connectivity index (χ0v) is 11.7. The summed E-state index contributed by atoms with van der Waals surface area (Å²) >= 11 is 0. The Labute approximate surface area is 109 Å². The average Bonchev–Trinajstić information content (AvgIpc) is 2.35. The van der Waals surface area contributed by atoms with Gasteiger partial charge in [-0.25, -0.2) is 0 Å². The summed E-state index contributed by atoms with van der Waals surface area (Å²) in [5.41, 5.74) is 0. The van der Waals surface area contributed by atoms with Crippen LogP contribution in [0.5, 0.6) is 0 Å². The second-order valence-electron chi connectivity index (χ2n) is 5.58. The van der Waals surface area contributed by atoms with Gasteiger partial charge in [-0.05, 0) is 24.7 Å². The third-order valence-electron chi connectivity index (χ3n) is 3.57. The minimum Gasteiger partial charge on any atom is -0.469 e. The molecule has 1 fully saturated rings. The molecule has 1 amide bonds. The first-order valence-electron chi connectivity index (χ1n) is 6.89. The highest BCUT2D eigenvalue weighted by Gasteiger charge is 2.31. The molecule has 0 spiro atoms. The van der Waals surface area contributed by atoms with Crippen LogP contribution < -0.4 is 5.32 Å². The monoisotopic (exact) mass is 255 g/mol. The van der Waals surface area contributed by atoms with Crippen molar-refractivity contribution in [2.24, 2.45) is 17.8 Å². The van der Waals surface area contributed by atoms with Crippen molar-refractivity contribution >= 4 is 11.9 Å². The topological polar surface area (TPSA) is 55.4 Å². The van der Waals surface area contributed by atoms with Gasteiger partial charge in [0.2, 0.25) is 5.91 Å². The van der Waals surface area contributed by atoms with Crippen molar-refractivity contribution < 1.29 is 14.3 Å². The Kier molecular flexibility index (Phi) is 6.16. The highest BCUT2D eigenvalue weighted by atomic mass is 16.5. The molecule has 1 aliphatic rings. The normalized spacial score (nSPS) is 23.8. The number of esters is 1. The first-order chi connectivity index (χ1) is 8.54. The molecule has 0 aliphatic heterocycles. The molecule has 0 radical (unpaired) electrons. The van der Waals surface area contributed by atoms with Gasteiger partial charge in [0, 0.05) is 13.0 Å². The van der Waals surface area contributed by atoms with Gasteiger partial charge < -0.3 is 10.1 Å². The maximum Gasteiger partial charge on any atom is 0.309 e. The molecular weight excluding hydrogens is 230 g/mol. The van der Waals surface area contributed by atoms with Gasteiger partial charge >= 0.3 is 5.97 Å². The van der Waals surface area contributed by atoms with E-state index in [9.17, 15) is 9.59 Å². The lowest BCUT2D eigenvalue weighted by atomic mass is 9.79. The number of methoxy groups -OCH3 is 1. The van der Waals surface area contributed by atoms with Crippen molar-refractivity contribution in [1.82, 2.24) is 5.32 Å². The van der Waals surface area contributed by atoms with Crippen molar-refractivity contribution in [1.29, 1.82) is 0 Å². The van der Waals surface area contributed by atoms with E-state index in [0.717, 1.165) is 25.7 Å². The van der Waals surface area contributed by atoms with E-state index in [2.05, 4.69) is 5.32 Å². The van der Waals surface area contributed by atoms with Gasteiger partial charge in [0.15, 0.2) is 0 Å². The molecule has 4 nitrogen and oxygen atoms in total. The number of carbonyl (C=O) groups is 2. The number of ether oxygens (including phenoxy) is 1. The molecule has 1 saturated carbocycles. The van der Waals surface area contributed by atoms with Crippen LogP contribution in [0.25, 0.3) is 0 Å². The molecule has 0 aromatic rings. The van der Waals surface area contributed by atoms with Crippen molar-refractivity contribution in [2.75, 3.05) is 13.7 Å². The van der Waals surface area contributed by atoms with E-state index in [0.29, 0.717) is 18.9 Å². The van der Waals surface area contributed by atoms with Gasteiger partial charge in [0.1, 0.15) is 0 Å². The average molecular weight is 255 g/mol. The van der Waals surface area contributed by atoms with Crippen molar-refractivity contribution in [3.63, 3.8) is 0 Å². The molecule has 2 atom stereocenters. The van der Waals surface area contributed by atoms with Crippen LogP contribution >= 0.6 is 0 Å². The molecule has 0 heterocycles. The fourth-order valence-electron chi connectivity index (χ4n) is 2.60. The van der Waals surface area contributed by atoms with Gasteiger partial charge in [-0.15, -0.1) is 0 Å². The summed E-state index contributed by atoms with van der Waals surface area (Å²) in [6.07, 6.45) is 4.66. The Balaban J connectivity index is 2.42. The number of hydrogen-bond donors (Lipinski definition) is 1. The van der Waals surface area contributed by atoms with Gasteiger partial charge in [-0.1, -0.05) is 26.7 Å². The van der Waals surface area contributed by atoms with E-state index in [-0.39, 0.29) is 23.7 Å². The summed E-state index contributed by atoms with van der Waals surface area (Å²) < 4.78 is 4.84. The van der Waals surface area contributed by atoms with Crippen molar-refractivity contribution in [3.8, 4) is 0 Å². The molecule has 0 bridgehead atoms. The quantitative estimate of drug-likeness (QED) is 0.766. The summed E-state index contributed by atoms with van der Waals surface area (Å²) in [7, 11) is 1.44. The highest BCUT2D eigenvalue weighted by molar-refractivity contribution is 5.76. The van der Waals surface area contributed by atoms with E-state index >= 15 is 0 Å². The van der Waals surface area contributed by atoms with Crippen LogP contribution in [-0.4, -0.2) is 25.5 Å². The first kappa shape index (κ1) is 15.0. The van der Waals surface area contributed by atoms with Gasteiger partial charge in [0.05, 0.1) is 13.0 Å². The molecule has 1 rings (SSSR count). The van der Waals surface area contributed by atoms with Crippen molar-refractivity contribution in [2.45, 2.75) is 46.0 Å². The summed E-state index contributed by atoms with van der Waals surface area (Å²) in [5, 5.41) is 2.95. The fraction of sp³-hybridized carbons (Fsp3) is 0.857. The van der Waals surface area contributed by atoms with E-state index in [1.807, 2.05) is 13.8 Å². The van der Waals surface area contributed by atoms with E-state index < -0.39 is 0 Å². The lowest BCUT2D eigenvalue weighted by Crippen LogP contribution is -2.37. The zero-order chi connectivity index (χ0) is 13.5. The maximum absolute atomic E-state index is 11.7. The SMILES string of the molecule is COC(=O)C1CCCCC1CNC(=O)CC(C)C. The van der Waals surface area contributed by atoms with E-state index in [1.54, 1.807) is 0 Å². The lowest BCUT2D eigenvalue weighted by Gasteiger charge is -2.29. The minimum atomic E-state index is -0.127. The Bertz CT molecular complexity index is 289. The van der Waals surface area contributed by atoms with Gasteiger partial charge in [-0.3, -0.25) is 9.59 Å². The summed E-state index contributed by atoms with van der Waals surface area (Å²) in [6, 6.07) is 0. The van der Waals surface area contributed by atoms with E-state index in [4.69, 9.17) is 4.74 Å². The van der Waals surface area contributed by atoms with Crippen LogP contribution in [0.2, 0.25) is 0 Å². The third kappa shape index (κ3) is 4.67. The second kappa shape index (κ2) is 7.39. The Morgan fingerprint density at radius 3 is 2.56 bits per heavy atom. The van der Waals surface area contributed by atoms with Crippen LogP contribution in [0.4, 0.5) is 0 Å². The second-order valence-corrected chi connectivity index (χ2v) is 5.58. The molecular formula is C14H25NO3. The van der Waals surface area contributed by atoms with Gasteiger partial charge in [-0.2, -0.15) is 0 Å². The first-order valence-corrected chi connectivity index (χ1v) is 6.89. The Morgan fingerprint density at radius 2 is 1.94 bits per heavy atom. The minimum absolute atomic E-state index is 0.0388. The predicted octanol–water partition coefficient (Wildman–Crippen LogP) is 2.13. The van der Waals surface area contributed by atoms with Crippen LogP contribution in [0.1, 0.15) is 46.0 Å². The molecule has 0 saturated heterocycles. The molecule has 18 heavy (non-hydrogen) atoms. The number of amides is 1. The summed E-state index contributed by atoms with van der Waals surface area (Å²) in [5.74, 6) is 0.523. The molecule has 0 aromatic carbocycles. The zero-order valence-electron chi connectivity index (χ0n) is 11.7. The lowest BCUT2D eigenvalue weighted by molar-refractivity contribution is -0.148. The van der Waals surface area contributed by atoms with Crippen molar-refractivity contribution in [3.05, 3.63) is 0 Å². The number of nitrogens with one attached hydrogen (secondary N) is 1. The van der Waals surface area contributed by atoms with Crippen LogP contribution in [-0.2, 0) is 14.3 Å². The van der Waals surface area contributed by atoms with Gasteiger partial charge in [0.25, 0.3) is 0 Å². The maximum atomic E-state index is 11.7. The Hall–Kier alpha value is -1.06. The largest absolute Gasteiger partial charge is 0.469 e. The third-order valence-corrected chi connectivity index (χ3v) is 3.57. The number of hydrogen-bond acceptors (Lipinski definition) is 3. The predicted molar refractivity (Wildman–Crippen MR) is 69.9 cm³/mol. The molecule has 1 N–H and O–H groups in total. The number of rotatable bonds is 5. The summed E-state index contributed by atoms with van der Waals surface area (Å²) in [4.78, 5) is 23.3.